The highest BCUT2D eigenvalue weighted by Gasteiger charge is 2.13. The van der Waals surface area contributed by atoms with E-state index in [4.69, 9.17) is 16.3 Å². The minimum atomic E-state index is -0.531. The molecule has 0 saturated heterocycles. The summed E-state index contributed by atoms with van der Waals surface area (Å²) < 4.78 is 19.2. The van der Waals surface area contributed by atoms with Gasteiger partial charge in [0.2, 0.25) is 0 Å². The van der Waals surface area contributed by atoms with Crippen LogP contribution >= 0.6 is 11.6 Å². The van der Waals surface area contributed by atoms with Crippen LogP contribution in [0.3, 0.4) is 0 Å². The molecule has 0 aliphatic rings. The summed E-state index contributed by atoms with van der Waals surface area (Å²) in [6.45, 7) is 2.40. The first-order valence-electron chi connectivity index (χ1n) is 8.15. The fourth-order valence-electron chi connectivity index (χ4n) is 2.39. The molecule has 0 atom stereocenters. The number of nitrogens with zero attached hydrogens (tertiary/aromatic N) is 2. The van der Waals surface area contributed by atoms with E-state index in [1.54, 1.807) is 6.07 Å². The van der Waals surface area contributed by atoms with Gasteiger partial charge in [0, 0.05) is 11.1 Å². The first-order chi connectivity index (χ1) is 13.1. The molecule has 1 aromatic heterocycles. The van der Waals surface area contributed by atoms with Crippen LogP contribution in [-0.4, -0.2) is 28.9 Å². The van der Waals surface area contributed by atoms with Crippen molar-refractivity contribution in [2.45, 2.75) is 6.92 Å². The van der Waals surface area contributed by atoms with Crippen LogP contribution in [0.5, 0.6) is 5.75 Å². The van der Waals surface area contributed by atoms with Crippen LogP contribution in [0.4, 0.5) is 4.39 Å². The molecule has 2 N–H and O–H groups in total. The molecule has 3 rings (SSSR count). The SMILES string of the molecule is CCOc1ccccc1-c1cc(C(=O)N/N=C\c2c(F)cccc2Cl)[nH]n1. The van der Waals surface area contributed by atoms with Crippen LogP contribution < -0.4 is 10.2 Å². The maximum atomic E-state index is 13.7. The van der Waals surface area contributed by atoms with Crippen LogP contribution in [0.1, 0.15) is 23.0 Å². The van der Waals surface area contributed by atoms with Crippen molar-refractivity contribution >= 4 is 23.7 Å². The van der Waals surface area contributed by atoms with E-state index in [-0.39, 0.29) is 16.3 Å². The third-order valence-electron chi connectivity index (χ3n) is 3.64. The Bertz CT molecular complexity index is 967. The number of rotatable bonds is 6. The summed E-state index contributed by atoms with van der Waals surface area (Å²) in [5, 5.41) is 10.7. The van der Waals surface area contributed by atoms with Gasteiger partial charge in [-0.25, -0.2) is 9.82 Å². The lowest BCUT2D eigenvalue weighted by Crippen LogP contribution is -2.18. The molecule has 2 aromatic carbocycles. The molecule has 3 aromatic rings. The average Bonchev–Trinajstić information content (AvgIpc) is 3.15. The Morgan fingerprint density at radius 2 is 2.15 bits per heavy atom. The van der Waals surface area contributed by atoms with Crippen LogP contribution in [-0.2, 0) is 0 Å². The molecule has 0 aliphatic carbocycles. The quantitative estimate of drug-likeness (QED) is 0.496. The molecule has 0 aliphatic heterocycles. The van der Waals surface area contributed by atoms with Gasteiger partial charge in [0.1, 0.15) is 17.3 Å². The summed E-state index contributed by atoms with van der Waals surface area (Å²) in [5.74, 6) is -0.381. The maximum Gasteiger partial charge on any atom is 0.289 e. The smallest absolute Gasteiger partial charge is 0.289 e. The summed E-state index contributed by atoms with van der Waals surface area (Å²) in [6.07, 6.45) is 1.15. The number of hydrazone groups is 1. The molecule has 0 fully saturated rings. The van der Waals surface area contributed by atoms with E-state index in [2.05, 4.69) is 20.7 Å². The summed E-state index contributed by atoms with van der Waals surface area (Å²) >= 11 is 5.90. The topological polar surface area (TPSA) is 79.4 Å². The lowest BCUT2D eigenvalue weighted by Gasteiger charge is -2.07. The number of benzene rings is 2. The standard InChI is InChI=1S/C19H16ClFN4O2/c1-2-27-18-9-4-3-6-12(18)16-10-17(24-23-16)19(26)25-22-11-13-14(20)7-5-8-15(13)21/h3-11H,2H2,1H3,(H,23,24)(H,25,26)/b22-11-. The lowest BCUT2D eigenvalue weighted by molar-refractivity contribution is 0.0950. The van der Waals surface area contributed by atoms with Crippen LogP contribution in [0, 0.1) is 5.82 Å². The van der Waals surface area contributed by atoms with Crippen LogP contribution in [0.15, 0.2) is 53.6 Å². The molecule has 6 nitrogen and oxygen atoms in total. The number of amides is 1. The van der Waals surface area contributed by atoms with Gasteiger partial charge in [0.25, 0.3) is 5.91 Å². The molecule has 0 unspecified atom stereocenters. The third-order valence-corrected chi connectivity index (χ3v) is 3.97. The Morgan fingerprint density at radius 1 is 1.33 bits per heavy atom. The summed E-state index contributed by atoms with van der Waals surface area (Å²) in [4.78, 5) is 12.2. The minimum absolute atomic E-state index is 0.0930. The molecule has 1 amide bonds. The van der Waals surface area contributed by atoms with Gasteiger partial charge >= 0.3 is 0 Å². The van der Waals surface area contributed by atoms with Gasteiger partial charge < -0.3 is 4.74 Å². The van der Waals surface area contributed by atoms with E-state index >= 15 is 0 Å². The van der Waals surface area contributed by atoms with Crippen molar-refractivity contribution in [3.05, 3.63) is 70.6 Å². The fraction of sp³-hybridized carbons (Fsp3) is 0.105. The van der Waals surface area contributed by atoms with Gasteiger partial charge in [0.15, 0.2) is 0 Å². The molecule has 0 spiro atoms. The van der Waals surface area contributed by atoms with Crippen molar-refractivity contribution in [3.8, 4) is 17.0 Å². The predicted molar refractivity (Wildman–Crippen MR) is 102 cm³/mol. The number of nitrogens with one attached hydrogen (secondary N) is 2. The van der Waals surface area contributed by atoms with Crippen molar-refractivity contribution in [1.29, 1.82) is 0 Å². The van der Waals surface area contributed by atoms with E-state index in [1.807, 2.05) is 31.2 Å². The Balaban J connectivity index is 1.73. The van der Waals surface area contributed by atoms with E-state index in [0.717, 1.165) is 11.8 Å². The highest BCUT2D eigenvalue weighted by atomic mass is 35.5. The highest BCUT2D eigenvalue weighted by Crippen LogP contribution is 2.28. The summed E-state index contributed by atoms with van der Waals surface area (Å²) in [6, 6.07) is 13.2. The normalized spacial score (nSPS) is 10.9. The Labute approximate surface area is 160 Å². The predicted octanol–water partition coefficient (Wildman–Crippen LogP) is 4.03. The molecule has 138 valence electrons. The molecule has 27 heavy (non-hydrogen) atoms. The molecule has 0 bridgehead atoms. The number of H-pyrrole nitrogens is 1. The average molecular weight is 387 g/mol. The van der Waals surface area contributed by atoms with E-state index in [0.29, 0.717) is 18.1 Å². The first-order valence-corrected chi connectivity index (χ1v) is 8.53. The molecule has 0 radical (unpaired) electrons. The van der Waals surface area contributed by atoms with Crippen LogP contribution in [0.25, 0.3) is 11.3 Å². The zero-order valence-electron chi connectivity index (χ0n) is 14.4. The molecular formula is C19H16ClFN4O2. The van der Waals surface area contributed by atoms with Gasteiger partial charge in [0.05, 0.1) is 23.5 Å². The number of ether oxygens (including phenoxy) is 1. The summed E-state index contributed by atoms with van der Waals surface area (Å²) in [5.41, 5.74) is 3.92. The highest BCUT2D eigenvalue weighted by molar-refractivity contribution is 6.33. The number of para-hydroxylation sites is 1. The largest absolute Gasteiger partial charge is 0.493 e. The van der Waals surface area contributed by atoms with Crippen molar-refractivity contribution in [1.82, 2.24) is 15.6 Å². The van der Waals surface area contributed by atoms with Gasteiger partial charge in [-0.05, 0) is 37.3 Å². The fourth-order valence-corrected chi connectivity index (χ4v) is 2.60. The number of carbonyl (C=O) groups excluding carboxylic acids is 1. The summed E-state index contributed by atoms with van der Waals surface area (Å²) in [7, 11) is 0. The van der Waals surface area contributed by atoms with Gasteiger partial charge in [-0.15, -0.1) is 0 Å². The zero-order chi connectivity index (χ0) is 19.2. The van der Waals surface area contributed by atoms with Crippen molar-refractivity contribution < 1.29 is 13.9 Å². The Morgan fingerprint density at radius 3 is 2.93 bits per heavy atom. The van der Waals surface area contributed by atoms with E-state index in [1.165, 1.54) is 18.2 Å². The monoisotopic (exact) mass is 386 g/mol. The molecule has 1 heterocycles. The number of aromatic amines is 1. The van der Waals surface area contributed by atoms with Crippen molar-refractivity contribution in [2.24, 2.45) is 5.10 Å². The zero-order valence-corrected chi connectivity index (χ0v) is 15.1. The van der Waals surface area contributed by atoms with Gasteiger partial charge in [-0.1, -0.05) is 29.8 Å². The van der Waals surface area contributed by atoms with Crippen molar-refractivity contribution in [3.63, 3.8) is 0 Å². The molecule has 8 heteroatoms. The van der Waals surface area contributed by atoms with Crippen LogP contribution in [0.2, 0.25) is 5.02 Å². The Kier molecular flexibility index (Phi) is 5.83. The second kappa shape index (κ2) is 8.46. The maximum absolute atomic E-state index is 13.7. The molecular weight excluding hydrogens is 371 g/mol. The Hall–Kier alpha value is -3.19. The number of carbonyl (C=O) groups is 1. The second-order valence-electron chi connectivity index (χ2n) is 5.43. The number of hydrogen-bond acceptors (Lipinski definition) is 4. The van der Waals surface area contributed by atoms with Gasteiger partial charge in [-0.2, -0.15) is 10.2 Å². The molecule has 0 saturated carbocycles. The number of halogens is 2. The second-order valence-corrected chi connectivity index (χ2v) is 5.84. The lowest BCUT2D eigenvalue weighted by atomic mass is 10.1. The minimum Gasteiger partial charge on any atom is -0.493 e. The third kappa shape index (κ3) is 4.32. The van der Waals surface area contributed by atoms with E-state index in [9.17, 15) is 9.18 Å². The number of hydrogen-bond donors (Lipinski definition) is 2. The van der Waals surface area contributed by atoms with Crippen molar-refractivity contribution in [2.75, 3.05) is 6.61 Å². The van der Waals surface area contributed by atoms with E-state index < -0.39 is 11.7 Å². The first kappa shape index (κ1) is 18.6. The number of aromatic nitrogens is 2. The van der Waals surface area contributed by atoms with Gasteiger partial charge in [-0.3, -0.25) is 9.89 Å².